The van der Waals surface area contributed by atoms with Gasteiger partial charge in [0.15, 0.2) is 0 Å². The molecule has 3 rings (SSSR count). The monoisotopic (exact) mass is 274 g/mol. The van der Waals surface area contributed by atoms with E-state index in [0.29, 0.717) is 0 Å². The van der Waals surface area contributed by atoms with Gasteiger partial charge in [0.2, 0.25) is 0 Å². The summed E-state index contributed by atoms with van der Waals surface area (Å²) >= 11 is 0. The summed E-state index contributed by atoms with van der Waals surface area (Å²) in [6, 6.07) is 2.05. The maximum atomic E-state index is 6.37. The molecule has 1 saturated heterocycles. The van der Waals surface area contributed by atoms with Crippen molar-refractivity contribution in [1.29, 1.82) is 0 Å². The number of aromatic nitrogens is 1. The van der Waals surface area contributed by atoms with Crippen LogP contribution in [0.15, 0.2) is 12.3 Å². The molecule has 2 fully saturated rings. The van der Waals surface area contributed by atoms with E-state index < -0.39 is 0 Å². The largest absolute Gasteiger partial charge is 0.495 e. The Balaban J connectivity index is 2.01. The second kappa shape index (κ2) is 4.06. The Bertz CT molecular complexity index is 537. The first-order chi connectivity index (χ1) is 9.15. The summed E-state index contributed by atoms with van der Waals surface area (Å²) in [4.78, 5) is 4.40. The molecule has 1 saturated carbocycles. The van der Waals surface area contributed by atoms with Gasteiger partial charge in [0, 0.05) is 17.4 Å². The van der Waals surface area contributed by atoms with Crippen LogP contribution in [0.4, 0.5) is 0 Å². The van der Waals surface area contributed by atoms with Gasteiger partial charge in [-0.2, -0.15) is 0 Å². The number of pyridine rings is 1. The molecule has 0 bridgehead atoms. The number of nitrogens with two attached hydrogens (primary N) is 1. The number of hydrogen-bond donors (Lipinski definition) is 1. The lowest BCUT2D eigenvalue weighted by Crippen LogP contribution is -2.41. The summed E-state index contributed by atoms with van der Waals surface area (Å²) in [7, 11) is -0.363. The Morgan fingerprint density at radius 2 is 1.70 bits per heavy atom. The maximum absolute atomic E-state index is 6.37. The van der Waals surface area contributed by atoms with Crippen molar-refractivity contribution in [3.63, 3.8) is 0 Å². The molecule has 0 radical (unpaired) electrons. The van der Waals surface area contributed by atoms with Crippen molar-refractivity contribution in [1.82, 2.24) is 4.98 Å². The van der Waals surface area contributed by atoms with Gasteiger partial charge in [-0.15, -0.1) is 0 Å². The molecule has 108 valence electrons. The summed E-state index contributed by atoms with van der Waals surface area (Å²) in [5, 5.41) is 0. The van der Waals surface area contributed by atoms with E-state index in [0.717, 1.165) is 29.6 Å². The van der Waals surface area contributed by atoms with Crippen LogP contribution in [0.25, 0.3) is 0 Å². The van der Waals surface area contributed by atoms with Crippen LogP contribution in [-0.4, -0.2) is 23.3 Å². The molecule has 1 aromatic heterocycles. The Kier molecular flexibility index (Phi) is 2.85. The molecule has 2 aliphatic rings. The third-order valence-corrected chi connectivity index (χ3v) is 4.90. The highest BCUT2D eigenvalue weighted by Gasteiger charge is 2.54. The zero-order valence-electron chi connectivity index (χ0n) is 13.0. The molecule has 1 aliphatic carbocycles. The van der Waals surface area contributed by atoms with Crippen molar-refractivity contribution in [2.24, 2.45) is 5.73 Å². The lowest BCUT2D eigenvalue weighted by atomic mass is 9.74. The van der Waals surface area contributed by atoms with Crippen molar-refractivity contribution in [2.45, 2.75) is 64.2 Å². The van der Waals surface area contributed by atoms with Gasteiger partial charge < -0.3 is 15.0 Å². The smallest absolute Gasteiger partial charge is 0.399 e. The van der Waals surface area contributed by atoms with E-state index in [9.17, 15) is 0 Å². The second-order valence-corrected chi connectivity index (χ2v) is 7.16. The van der Waals surface area contributed by atoms with Gasteiger partial charge in [0.05, 0.1) is 11.2 Å². The van der Waals surface area contributed by atoms with Crippen molar-refractivity contribution >= 4 is 12.6 Å². The average molecular weight is 274 g/mol. The minimum absolute atomic E-state index is 0.236. The summed E-state index contributed by atoms with van der Waals surface area (Å²) in [6.45, 7) is 10.2. The summed E-state index contributed by atoms with van der Waals surface area (Å²) in [5.74, 6) is 0. The van der Waals surface area contributed by atoms with Gasteiger partial charge in [-0.1, -0.05) is 0 Å². The maximum Gasteiger partial charge on any atom is 0.495 e. The first-order valence-corrected chi connectivity index (χ1v) is 7.26. The SMILES string of the molecule is Cc1cc(B2OC(C)(C)C(C)(C)O2)c(C2(N)CC2)cn1. The minimum Gasteiger partial charge on any atom is -0.399 e. The third-order valence-electron chi connectivity index (χ3n) is 4.90. The number of hydrogen-bond acceptors (Lipinski definition) is 4. The molecule has 1 aromatic rings. The van der Waals surface area contributed by atoms with Crippen LogP contribution in [0, 0.1) is 6.92 Å². The Hall–Kier alpha value is -0.905. The Labute approximate surface area is 121 Å². The highest BCUT2D eigenvalue weighted by atomic mass is 16.7. The Morgan fingerprint density at radius 3 is 2.20 bits per heavy atom. The second-order valence-electron chi connectivity index (χ2n) is 7.16. The summed E-state index contributed by atoms with van der Waals surface area (Å²) in [5.41, 5.74) is 8.53. The van der Waals surface area contributed by atoms with Crippen LogP contribution in [0.3, 0.4) is 0 Å². The molecule has 20 heavy (non-hydrogen) atoms. The highest BCUT2D eigenvalue weighted by molar-refractivity contribution is 6.62. The first-order valence-electron chi connectivity index (χ1n) is 7.26. The topological polar surface area (TPSA) is 57.4 Å². The fourth-order valence-corrected chi connectivity index (χ4v) is 2.57. The van der Waals surface area contributed by atoms with Crippen molar-refractivity contribution in [3.8, 4) is 0 Å². The zero-order chi connectivity index (χ0) is 14.8. The highest BCUT2D eigenvalue weighted by Crippen LogP contribution is 2.43. The minimum atomic E-state index is -0.363. The lowest BCUT2D eigenvalue weighted by molar-refractivity contribution is 0.00578. The normalized spacial score (nSPS) is 25.8. The molecular weight excluding hydrogens is 251 g/mol. The fraction of sp³-hybridized carbons (Fsp3) is 0.667. The van der Waals surface area contributed by atoms with E-state index in [1.54, 1.807) is 0 Å². The fourth-order valence-electron chi connectivity index (χ4n) is 2.57. The predicted molar refractivity (Wildman–Crippen MR) is 79.8 cm³/mol. The van der Waals surface area contributed by atoms with E-state index in [4.69, 9.17) is 15.0 Å². The molecule has 1 aliphatic heterocycles. The van der Waals surface area contributed by atoms with Gasteiger partial charge in [-0.3, -0.25) is 4.98 Å². The van der Waals surface area contributed by atoms with Gasteiger partial charge in [-0.25, -0.2) is 0 Å². The zero-order valence-corrected chi connectivity index (χ0v) is 13.0. The van der Waals surface area contributed by atoms with Gasteiger partial charge in [0.1, 0.15) is 0 Å². The van der Waals surface area contributed by atoms with Gasteiger partial charge in [-0.05, 0) is 64.6 Å². The van der Waals surface area contributed by atoms with Crippen LogP contribution in [0.5, 0.6) is 0 Å². The molecule has 0 atom stereocenters. The first kappa shape index (κ1) is 14.0. The number of aryl methyl sites for hydroxylation is 1. The molecule has 0 spiro atoms. The molecule has 0 unspecified atom stereocenters. The van der Waals surface area contributed by atoms with Crippen LogP contribution in [-0.2, 0) is 14.8 Å². The molecule has 5 heteroatoms. The van der Waals surface area contributed by atoms with Crippen molar-refractivity contribution < 1.29 is 9.31 Å². The van der Waals surface area contributed by atoms with E-state index >= 15 is 0 Å². The van der Waals surface area contributed by atoms with Crippen LogP contribution in [0.2, 0.25) is 0 Å². The van der Waals surface area contributed by atoms with Crippen LogP contribution >= 0.6 is 0 Å². The molecule has 2 N–H and O–H groups in total. The Morgan fingerprint density at radius 1 is 1.15 bits per heavy atom. The van der Waals surface area contributed by atoms with Crippen LogP contribution < -0.4 is 11.2 Å². The molecule has 2 heterocycles. The van der Waals surface area contributed by atoms with Gasteiger partial charge >= 0.3 is 7.12 Å². The quantitative estimate of drug-likeness (QED) is 0.833. The van der Waals surface area contributed by atoms with Gasteiger partial charge in [0.25, 0.3) is 0 Å². The van der Waals surface area contributed by atoms with E-state index in [-0.39, 0.29) is 23.9 Å². The van der Waals surface area contributed by atoms with E-state index in [1.807, 2.05) is 19.2 Å². The van der Waals surface area contributed by atoms with E-state index in [2.05, 4.69) is 32.7 Å². The number of nitrogens with zero attached hydrogens (tertiary/aromatic N) is 1. The predicted octanol–water partition coefficient (Wildman–Crippen LogP) is 1.64. The molecule has 4 nitrogen and oxygen atoms in total. The van der Waals surface area contributed by atoms with Crippen molar-refractivity contribution in [3.05, 3.63) is 23.5 Å². The molecular formula is C15H23BN2O2. The third kappa shape index (κ3) is 2.08. The summed E-state index contributed by atoms with van der Waals surface area (Å²) < 4.78 is 12.3. The standard InChI is InChI=1S/C15H23BN2O2/c1-10-8-12(11(9-18-10)15(17)6-7-15)16-19-13(2,3)14(4,5)20-16/h8-9H,6-7,17H2,1-5H3. The molecule has 0 amide bonds. The lowest BCUT2D eigenvalue weighted by Gasteiger charge is -2.32. The average Bonchev–Trinajstić information content (AvgIpc) is 3.01. The van der Waals surface area contributed by atoms with Crippen molar-refractivity contribution in [2.75, 3.05) is 0 Å². The van der Waals surface area contributed by atoms with E-state index in [1.165, 1.54) is 0 Å². The summed E-state index contributed by atoms with van der Waals surface area (Å²) in [6.07, 6.45) is 3.90. The van der Waals surface area contributed by atoms with Crippen LogP contribution in [0.1, 0.15) is 51.8 Å². The number of rotatable bonds is 2. The molecule has 0 aromatic carbocycles.